The molecule has 0 spiro atoms. The lowest BCUT2D eigenvalue weighted by molar-refractivity contribution is -0.115. The van der Waals surface area contributed by atoms with Crippen molar-refractivity contribution in [3.63, 3.8) is 0 Å². The molecule has 0 aliphatic carbocycles. The zero-order valence-corrected chi connectivity index (χ0v) is 16.3. The van der Waals surface area contributed by atoms with Gasteiger partial charge < -0.3 is 15.4 Å². The third-order valence-corrected chi connectivity index (χ3v) is 5.21. The Morgan fingerprint density at radius 1 is 1.08 bits per heavy atom. The van der Waals surface area contributed by atoms with Crippen molar-refractivity contribution in [1.29, 1.82) is 0 Å². The lowest BCUT2D eigenvalue weighted by atomic mass is 10.1. The van der Waals surface area contributed by atoms with E-state index in [9.17, 15) is 9.59 Å². The summed E-state index contributed by atoms with van der Waals surface area (Å²) in [4.78, 5) is 24.4. The standard InChI is InChI=1S/C20H24N2O3S/c1-13-6-5-7-18(14(13)2)22-20(24)15(3)26-12-19(23)21-16-8-10-17(25-4)11-9-16/h5-11,15H,12H2,1-4H3,(H,21,23)(H,22,24)/t15-/m0/s1. The third kappa shape index (κ3) is 5.52. The average molecular weight is 372 g/mol. The van der Waals surface area contributed by atoms with Gasteiger partial charge in [0.25, 0.3) is 0 Å². The molecule has 2 rings (SSSR count). The third-order valence-electron chi connectivity index (χ3n) is 4.07. The second kappa shape index (κ2) is 9.29. The molecular weight excluding hydrogens is 348 g/mol. The molecule has 2 aromatic carbocycles. The van der Waals surface area contributed by atoms with Crippen molar-refractivity contribution < 1.29 is 14.3 Å². The fourth-order valence-corrected chi connectivity index (χ4v) is 2.95. The highest BCUT2D eigenvalue weighted by Crippen LogP contribution is 2.20. The van der Waals surface area contributed by atoms with Crippen LogP contribution in [-0.2, 0) is 9.59 Å². The smallest absolute Gasteiger partial charge is 0.237 e. The van der Waals surface area contributed by atoms with Gasteiger partial charge in [-0.15, -0.1) is 11.8 Å². The highest BCUT2D eigenvalue weighted by Gasteiger charge is 2.16. The number of thioether (sulfide) groups is 1. The molecule has 2 N–H and O–H groups in total. The summed E-state index contributed by atoms with van der Waals surface area (Å²) in [5.41, 5.74) is 3.69. The molecule has 0 unspecified atom stereocenters. The zero-order valence-electron chi connectivity index (χ0n) is 15.5. The number of nitrogens with one attached hydrogen (secondary N) is 2. The molecule has 26 heavy (non-hydrogen) atoms. The summed E-state index contributed by atoms with van der Waals surface area (Å²) in [6.45, 7) is 5.78. The summed E-state index contributed by atoms with van der Waals surface area (Å²) >= 11 is 1.30. The van der Waals surface area contributed by atoms with E-state index in [1.165, 1.54) is 11.8 Å². The van der Waals surface area contributed by atoms with Gasteiger partial charge in [-0.05, 0) is 62.2 Å². The van der Waals surface area contributed by atoms with E-state index < -0.39 is 0 Å². The lowest BCUT2D eigenvalue weighted by Crippen LogP contribution is -2.25. The van der Waals surface area contributed by atoms with Gasteiger partial charge in [0.15, 0.2) is 0 Å². The lowest BCUT2D eigenvalue weighted by Gasteiger charge is -2.14. The maximum absolute atomic E-state index is 12.3. The van der Waals surface area contributed by atoms with Crippen LogP contribution in [0.1, 0.15) is 18.1 Å². The van der Waals surface area contributed by atoms with Gasteiger partial charge >= 0.3 is 0 Å². The number of hydrogen-bond acceptors (Lipinski definition) is 4. The van der Waals surface area contributed by atoms with Crippen LogP contribution in [-0.4, -0.2) is 29.9 Å². The van der Waals surface area contributed by atoms with Crippen LogP contribution in [0.3, 0.4) is 0 Å². The Kier molecular flexibility index (Phi) is 7.09. The SMILES string of the molecule is COc1ccc(NC(=O)CS[C@@H](C)C(=O)Nc2cccc(C)c2C)cc1. The molecule has 0 aromatic heterocycles. The van der Waals surface area contributed by atoms with E-state index in [0.717, 1.165) is 22.6 Å². The molecule has 0 bridgehead atoms. The van der Waals surface area contributed by atoms with Crippen LogP contribution in [0.5, 0.6) is 5.75 Å². The van der Waals surface area contributed by atoms with Crippen LogP contribution in [0.4, 0.5) is 11.4 Å². The Hall–Kier alpha value is -2.47. The van der Waals surface area contributed by atoms with E-state index in [-0.39, 0.29) is 22.8 Å². The molecular formula is C20H24N2O3S. The second-order valence-corrected chi connectivity index (χ2v) is 7.30. The predicted octanol–water partition coefficient (Wildman–Crippen LogP) is 4.01. The van der Waals surface area contributed by atoms with Gasteiger partial charge in [-0.1, -0.05) is 12.1 Å². The van der Waals surface area contributed by atoms with Crippen LogP contribution >= 0.6 is 11.8 Å². The van der Waals surface area contributed by atoms with Crippen molar-refractivity contribution in [1.82, 2.24) is 0 Å². The molecule has 2 amide bonds. The molecule has 0 saturated heterocycles. The van der Waals surface area contributed by atoms with E-state index in [1.54, 1.807) is 38.3 Å². The number of aryl methyl sites for hydroxylation is 1. The van der Waals surface area contributed by atoms with Crippen LogP contribution in [0, 0.1) is 13.8 Å². The molecule has 6 heteroatoms. The molecule has 0 aliphatic rings. The normalized spacial score (nSPS) is 11.5. The summed E-state index contributed by atoms with van der Waals surface area (Å²) in [5, 5.41) is 5.40. The number of ether oxygens (including phenoxy) is 1. The number of rotatable bonds is 7. The van der Waals surface area contributed by atoms with Crippen LogP contribution in [0.15, 0.2) is 42.5 Å². The van der Waals surface area contributed by atoms with Crippen molar-refractivity contribution >= 4 is 35.0 Å². The van der Waals surface area contributed by atoms with Crippen LogP contribution < -0.4 is 15.4 Å². The first-order chi connectivity index (χ1) is 12.4. The highest BCUT2D eigenvalue weighted by atomic mass is 32.2. The monoisotopic (exact) mass is 372 g/mol. The Balaban J connectivity index is 1.82. The quantitative estimate of drug-likeness (QED) is 0.771. The number of amides is 2. The Morgan fingerprint density at radius 3 is 2.42 bits per heavy atom. The molecule has 2 aromatic rings. The van der Waals surface area contributed by atoms with E-state index in [0.29, 0.717) is 5.69 Å². The van der Waals surface area contributed by atoms with Gasteiger partial charge in [-0.2, -0.15) is 0 Å². The van der Waals surface area contributed by atoms with Crippen molar-refractivity contribution in [2.24, 2.45) is 0 Å². The topological polar surface area (TPSA) is 67.4 Å². The molecule has 5 nitrogen and oxygen atoms in total. The first-order valence-corrected chi connectivity index (χ1v) is 9.38. The Bertz CT molecular complexity index is 775. The second-order valence-electron chi connectivity index (χ2n) is 5.97. The number of methoxy groups -OCH3 is 1. The number of carbonyl (C=O) groups is 2. The number of anilines is 2. The predicted molar refractivity (Wildman–Crippen MR) is 108 cm³/mol. The summed E-state index contributed by atoms with van der Waals surface area (Å²) in [6, 6.07) is 12.9. The van der Waals surface area contributed by atoms with Gasteiger partial charge in [0.1, 0.15) is 5.75 Å². The molecule has 0 heterocycles. The van der Waals surface area contributed by atoms with Gasteiger partial charge in [-0.25, -0.2) is 0 Å². The van der Waals surface area contributed by atoms with Crippen LogP contribution in [0.25, 0.3) is 0 Å². The van der Waals surface area contributed by atoms with Gasteiger partial charge in [-0.3, -0.25) is 9.59 Å². The molecule has 0 fully saturated rings. The maximum Gasteiger partial charge on any atom is 0.237 e. The molecule has 0 radical (unpaired) electrons. The molecule has 0 aliphatic heterocycles. The van der Waals surface area contributed by atoms with Crippen molar-refractivity contribution in [3.05, 3.63) is 53.6 Å². The van der Waals surface area contributed by atoms with Gasteiger partial charge in [0, 0.05) is 11.4 Å². The van der Waals surface area contributed by atoms with E-state index in [2.05, 4.69) is 10.6 Å². The minimum atomic E-state index is -0.337. The zero-order chi connectivity index (χ0) is 19.1. The minimum absolute atomic E-state index is 0.110. The highest BCUT2D eigenvalue weighted by molar-refractivity contribution is 8.01. The fourth-order valence-electron chi connectivity index (χ4n) is 2.27. The first kappa shape index (κ1) is 19.8. The average Bonchev–Trinajstić information content (AvgIpc) is 2.64. The van der Waals surface area contributed by atoms with E-state index >= 15 is 0 Å². The largest absolute Gasteiger partial charge is 0.497 e. The van der Waals surface area contributed by atoms with Gasteiger partial charge in [0.2, 0.25) is 11.8 Å². The minimum Gasteiger partial charge on any atom is -0.497 e. The summed E-state index contributed by atoms with van der Waals surface area (Å²) in [7, 11) is 1.59. The maximum atomic E-state index is 12.3. The molecule has 138 valence electrons. The number of carbonyl (C=O) groups excluding carboxylic acids is 2. The molecule has 1 atom stereocenters. The Morgan fingerprint density at radius 2 is 1.77 bits per heavy atom. The van der Waals surface area contributed by atoms with Gasteiger partial charge in [0.05, 0.1) is 18.1 Å². The summed E-state index contributed by atoms with van der Waals surface area (Å²) in [5.74, 6) is 0.676. The number of hydrogen-bond donors (Lipinski definition) is 2. The van der Waals surface area contributed by atoms with Crippen molar-refractivity contribution in [2.45, 2.75) is 26.0 Å². The van der Waals surface area contributed by atoms with Crippen molar-refractivity contribution in [2.75, 3.05) is 23.5 Å². The first-order valence-electron chi connectivity index (χ1n) is 8.33. The summed E-state index contributed by atoms with van der Waals surface area (Å²) < 4.78 is 5.08. The summed E-state index contributed by atoms with van der Waals surface area (Å²) in [6.07, 6.45) is 0. The van der Waals surface area contributed by atoms with Crippen LogP contribution in [0.2, 0.25) is 0 Å². The fraction of sp³-hybridized carbons (Fsp3) is 0.300. The van der Waals surface area contributed by atoms with E-state index in [1.807, 2.05) is 32.0 Å². The molecule has 0 saturated carbocycles. The Labute approximate surface area is 158 Å². The number of benzene rings is 2. The van der Waals surface area contributed by atoms with E-state index in [4.69, 9.17) is 4.74 Å². The van der Waals surface area contributed by atoms with Crippen molar-refractivity contribution in [3.8, 4) is 5.75 Å².